The summed E-state index contributed by atoms with van der Waals surface area (Å²) >= 11 is 0. The van der Waals surface area contributed by atoms with Gasteiger partial charge in [-0.25, -0.2) is 0 Å². The zero-order valence-electron chi connectivity index (χ0n) is 7.69. The van der Waals surface area contributed by atoms with E-state index in [-0.39, 0.29) is 36.9 Å². The summed E-state index contributed by atoms with van der Waals surface area (Å²) in [5.41, 5.74) is -0.636. The molecule has 2 amide bonds. The first kappa shape index (κ1) is 9.61. The topological polar surface area (TPSA) is 86.6 Å². The van der Waals surface area contributed by atoms with Crippen molar-refractivity contribution < 1.29 is 19.8 Å². The van der Waals surface area contributed by atoms with Crippen LogP contribution in [0, 0.1) is 17.3 Å². The Labute approximate surface area is 81.1 Å². The maximum atomic E-state index is 11.3. The fraction of sp³-hybridized carbons (Fsp3) is 0.778. The normalized spacial score (nSPS) is 34.4. The van der Waals surface area contributed by atoms with Gasteiger partial charge < -0.3 is 10.2 Å². The molecule has 1 saturated carbocycles. The number of imide groups is 1. The van der Waals surface area contributed by atoms with E-state index in [0.717, 1.165) is 0 Å². The molecule has 2 aliphatic rings. The van der Waals surface area contributed by atoms with E-state index < -0.39 is 5.41 Å². The fourth-order valence-electron chi connectivity index (χ4n) is 2.47. The minimum absolute atomic E-state index is 0.170. The number of rotatable bonds is 2. The second-order valence-electron chi connectivity index (χ2n) is 4.29. The summed E-state index contributed by atoms with van der Waals surface area (Å²) in [6, 6.07) is 0. The summed E-state index contributed by atoms with van der Waals surface area (Å²) in [7, 11) is 0. The average molecular weight is 199 g/mol. The Balaban J connectivity index is 2.21. The van der Waals surface area contributed by atoms with Gasteiger partial charge in [0.2, 0.25) is 11.8 Å². The van der Waals surface area contributed by atoms with Crippen LogP contribution in [-0.2, 0) is 9.59 Å². The number of amides is 2. The third-order valence-corrected chi connectivity index (χ3v) is 3.38. The lowest BCUT2D eigenvalue weighted by molar-refractivity contribution is -0.127. The minimum atomic E-state index is -0.636. The van der Waals surface area contributed by atoms with Crippen LogP contribution in [0.3, 0.4) is 0 Å². The van der Waals surface area contributed by atoms with E-state index in [4.69, 9.17) is 10.2 Å². The maximum Gasteiger partial charge on any atom is 0.230 e. The number of carbonyl (C=O) groups is 2. The zero-order valence-corrected chi connectivity index (χ0v) is 7.69. The molecule has 78 valence electrons. The van der Waals surface area contributed by atoms with Gasteiger partial charge in [0, 0.05) is 5.41 Å². The van der Waals surface area contributed by atoms with Crippen molar-refractivity contribution in [3.8, 4) is 0 Å². The SMILES string of the molecule is O=C1NC(=O)[C@H]2CC(CO)(CO)C[C@H]12. The van der Waals surface area contributed by atoms with Crippen LogP contribution in [0.4, 0.5) is 0 Å². The van der Waals surface area contributed by atoms with E-state index in [1.165, 1.54) is 0 Å². The molecule has 0 aromatic heterocycles. The quantitative estimate of drug-likeness (QED) is 0.479. The summed E-state index contributed by atoms with van der Waals surface area (Å²) < 4.78 is 0. The number of fused-ring (bicyclic) bond motifs is 1. The molecule has 0 unspecified atom stereocenters. The zero-order chi connectivity index (χ0) is 10.3. The molecule has 2 rings (SSSR count). The molecule has 1 heterocycles. The number of hydrogen-bond donors (Lipinski definition) is 3. The molecule has 5 heteroatoms. The van der Waals surface area contributed by atoms with E-state index in [1.807, 2.05) is 0 Å². The molecular weight excluding hydrogens is 186 g/mol. The Morgan fingerprint density at radius 3 is 1.93 bits per heavy atom. The molecule has 0 spiro atoms. The molecule has 14 heavy (non-hydrogen) atoms. The van der Waals surface area contributed by atoms with Crippen molar-refractivity contribution in [3.05, 3.63) is 0 Å². The van der Waals surface area contributed by atoms with Gasteiger partial charge in [0.25, 0.3) is 0 Å². The van der Waals surface area contributed by atoms with Gasteiger partial charge in [-0.05, 0) is 12.8 Å². The van der Waals surface area contributed by atoms with Gasteiger partial charge in [0.15, 0.2) is 0 Å². The van der Waals surface area contributed by atoms with Crippen LogP contribution in [0.15, 0.2) is 0 Å². The van der Waals surface area contributed by atoms with Crippen LogP contribution >= 0.6 is 0 Å². The predicted molar refractivity (Wildman–Crippen MR) is 46.0 cm³/mol. The standard InChI is InChI=1S/C9H13NO4/c11-3-9(4-12)1-5-6(2-9)8(14)10-7(5)13/h5-6,11-12H,1-4H2,(H,10,13,14)/t5-,6-/m0/s1. The minimum Gasteiger partial charge on any atom is -0.396 e. The Kier molecular flexibility index (Phi) is 2.08. The van der Waals surface area contributed by atoms with Crippen LogP contribution in [0.1, 0.15) is 12.8 Å². The molecule has 1 aliphatic heterocycles. The smallest absolute Gasteiger partial charge is 0.230 e. The third-order valence-electron chi connectivity index (χ3n) is 3.38. The van der Waals surface area contributed by atoms with Gasteiger partial charge in [0.05, 0.1) is 25.0 Å². The Bertz CT molecular complexity index is 261. The second kappa shape index (κ2) is 3.03. The van der Waals surface area contributed by atoms with Crippen molar-refractivity contribution in [2.45, 2.75) is 12.8 Å². The molecule has 2 atom stereocenters. The van der Waals surface area contributed by atoms with E-state index in [9.17, 15) is 9.59 Å². The largest absolute Gasteiger partial charge is 0.396 e. The second-order valence-corrected chi connectivity index (χ2v) is 4.29. The van der Waals surface area contributed by atoms with Crippen molar-refractivity contribution in [2.75, 3.05) is 13.2 Å². The van der Waals surface area contributed by atoms with E-state index >= 15 is 0 Å². The Morgan fingerprint density at radius 2 is 1.57 bits per heavy atom. The molecule has 3 N–H and O–H groups in total. The summed E-state index contributed by atoms with van der Waals surface area (Å²) in [5.74, 6) is -1.21. The highest BCUT2D eigenvalue weighted by Gasteiger charge is 2.54. The van der Waals surface area contributed by atoms with E-state index in [1.54, 1.807) is 0 Å². The van der Waals surface area contributed by atoms with Crippen molar-refractivity contribution in [1.82, 2.24) is 5.32 Å². The first-order valence-corrected chi connectivity index (χ1v) is 4.68. The summed E-state index contributed by atoms with van der Waals surface area (Å²) in [5, 5.41) is 20.5. The van der Waals surface area contributed by atoms with Gasteiger partial charge >= 0.3 is 0 Å². The van der Waals surface area contributed by atoms with Crippen LogP contribution in [-0.4, -0.2) is 35.2 Å². The van der Waals surface area contributed by atoms with Gasteiger partial charge in [0.1, 0.15) is 0 Å². The van der Waals surface area contributed by atoms with Gasteiger partial charge in [-0.2, -0.15) is 0 Å². The van der Waals surface area contributed by atoms with Crippen LogP contribution in [0.2, 0.25) is 0 Å². The molecule has 0 aromatic rings. The lowest BCUT2D eigenvalue weighted by Gasteiger charge is -2.24. The van der Waals surface area contributed by atoms with E-state index in [2.05, 4.69) is 5.32 Å². The summed E-state index contributed by atoms with van der Waals surface area (Å²) in [6.07, 6.45) is 0.810. The van der Waals surface area contributed by atoms with Crippen LogP contribution in [0.25, 0.3) is 0 Å². The van der Waals surface area contributed by atoms with Crippen molar-refractivity contribution in [2.24, 2.45) is 17.3 Å². The Morgan fingerprint density at radius 1 is 1.14 bits per heavy atom. The van der Waals surface area contributed by atoms with Crippen LogP contribution < -0.4 is 5.32 Å². The maximum absolute atomic E-state index is 11.3. The molecule has 1 saturated heterocycles. The lowest BCUT2D eigenvalue weighted by Crippen LogP contribution is -2.32. The average Bonchev–Trinajstić information content (AvgIpc) is 2.67. The molecule has 0 bridgehead atoms. The Hall–Kier alpha value is -0.940. The molecule has 1 aliphatic carbocycles. The first-order valence-electron chi connectivity index (χ1n) is 4.68. The highest BCUT2D eigenvalue weighted by molar-refractivity contribution is 6.05. The lowest BCUT2D eigenvalue weighted by atomic mass is 9.86. The highest BCUT2D eigenvalue weighted by Crippen LogP contribution is 2.47. The first-order chi connectivity index (χ1) is 6.62. The fourth-order valence-corrected chi connectivity index (χ4v) is 2.47. The number of hydrogen-bond acceptors (Lipinski definition) is 4. The summed E-state index contributed by atoms with van der Waals surface area (Å²) in [6.45, 7) is -0.339. The number of aliphatic hydroxyl groups excluding tert-OH is 2. The van der Waals surface area contributed by atoms with Gasteiger partial charge in [-0.3, -0.25) is 14.9 Å². The van der Waals surface area contributed by atoms with Crippen LogP contribution in [0.5, 0.6) is 0 Å². The molecular formula is C9H13NO4. The molecule has 0 radical (unpaired) electrons. The number of nitrogens with one attached hydrogen (secondary N) is 1. The number of carbonyl (C=O) groups excluding carboxylic acids is 2. The molecule has 0 aromatic carbocycles. The molecule has 2 fully saturated rings. The highest BCUT2D eigenvalue weighted by atomic mass is 16.3. The third kappa shape index (κ3) is 1.16. The monoisotopic (exact) mass is 199 g/mol. The van der Waals surface area contributed by atoms with E-state index in [0.29, 0.717) is 12.8 Å². The molecule has 5 nitrogen and oxygen atoms in total. The van der Waals surface area contributed by atoms with Gasteiger partial charge in [-0.1, -0.05) is 0 Å². The predicted octanol–water partition coefficient (Wildman–Crippen LogP) is -1.36. The van der Waals surface area contributed by atoms with Crippen molar-refractivity contribution >= 4 is 11.8 Å². The number of aliphatic hydroxyl groups is 2. The summed E-state index contributed by atoms with van der Waals surface area (Å²) in [4.78, 5) is 22.6. The van der Waals surface area contributed by atoms with Crippen molar-refractivity contribution in [1.29, 1.82) is 0 Å². The van der Waals surface area contributed by atoms with Crippen molar-refractivity contribution in [3.63, 3.8) is 0 Å². The van der Waals surface area contributed by atoms with Gasteiger partial charge in [-0.15, -0.1) is 0 Å².